The number of methoxy groups -OCH3 is 1. The number of ether oxygens (including phenoxy) is 1. The quantitative estimate of drug-likeness (QED) is 0.609. The summed E-state index contributed by atoms with van der Waals surface area (Å²) in [5.41, 5.74) is 0.974. The van der Waals surface area contributed by atoms with Crippen molar-refractivity contribution in [3.05, 3.63) is 10.6 Å². The maximum absolute atomic E-state index is 12.3. The molecule has 3 rings (SSSR count). The van der Waals surface area contributed by atoms with Gasteiger partial charge in [-0.05, 0) is 31.6 Å². The molecule has 0 radical (unpaired) electrons. The lowest BCUT2D eigenvalue weighted by molar-refractivity contribution is -0.122. The van der Waals surface area contributed by atoms with Crippen LogP contribution in [0.5, 0.6) is 0 Å². The van der Waals surface area contributed by atoms with Crippen LogP contribution in [0.3, 0.4) is 0 Å². The minimum absolute atomic E-state index is 0.0129. The summed E-state index contributed by atoms with van der Waals surface area (Å²) in [6.07, 6.45) is 9.63. The number of aromatic nitrogens is 1. The lowest BCUT2D eigenvalue weighted by Crippen LogP contribution is -2.44. The summed E-state index contributed by atoms with van der Waals surface area (Å²) in [5.74, 6) is 0.544. The van der Waals surface area contributed by atoms with Crippen LogP contribution in [0.4, 0.5) is 5.13 Å². The van der Waals surface area contributed by atoms with E-state index < -0.39 is 0 Å². The Bertz CT molecular complexity index is 613. The molecule has 1 aromatic heterocycles. The number of rotatable bonds is 6. The molecule has 24 heavy (non-hydrogen) atoms. The predicted octanol–water partition coefficient (Wildman–Crippen LogP) is 3.12. The Morgan fingerprint density at radius 2 is 2.12 bits per heavy atom. The standard InChI is InChI=1S/C17H24N4O2S/c1-23-9-14-15(11-5-3-2-4-6-11)24-17(20-14)21-16(22)12-7-13(8-12)19-10-18/h11-13,19H,2-9H2,1H3,(H,20,21,22)/t12-,13-. The smallest absolute Gasteiger partial charge is 0.229 e. The zero-order valence-corrected chi connectivity index (χ0v) is 14.8. The normalized spacial score (nSPS) is 24.0. The summed E-state index contributed by atoms with van der Waals surface area (Å²) in [4.78, 5) is 18.2. The van der Waals surface area contributed by atoms with Crippen LogP contribution in [0, 0.1) is 17.4 Å². The number of nitrogens with zero attached hydrogens (tertiary/aromatic N) is 2. The second-order valence-electron chi connectivity index (χ2n) is 6.71. The Morgan fingerprint density at radius 1 is 1.38 bits per heavy atom. The van der Waals surface area contributed by atoms with Crippen molar-refractivity contribution in [1.82, 2.24) is 10.3 Å². The second kappa shape index (κ2) is 7.95. The fourth-order valence-corrected chi connectivity index (χ4v) is 4.73. The highest BCUT2D eigenvalue weighted by molar-refractivity contribution is 7.16. The molecule has 2 aliphatic rings. The van der Waals surface area contributed by atoms with Crippen molar-refractivity contribution in [2.24, 2.45) is 5.92 Å². The number of hydrogen-bond acceptors (Lipinski definition) is 6. The third-order valence-corrected chi connectivity index (χ3v) is 6.17. The van der Waals surface area contributed by atoms with E-state index in [1.807, 2.05) is 6.19 Å². The van der Waals surface area contributed by atoms with E-state index in [0.29, 0.717) is 30.5 Å². The first-order valence-electron chi connectivity index (χ1n) is 8.65. The molecule has 2 N–H and O–H groups in total. The largest absolute Gasteiger partial charge is 0.378 e. The van der Waals surface area contributed by atoms with Gasteiger partial charge in [-0.2, -0.15) is 5.26 Å². The molecule has 1 heterocycles. The zero-order valence-electron chi connectivity index (χ0n) is 14.0. The summed E-state index contributed by atoms with van der Waals surface area (Å²) in [7, 11) is 1.68. The third kappa shape index (κ3) is 3.87. The van der Waals surface area contributed by atoms with Crippen LogP contribution in [-0.4, -0.2) is 24.0 Å². The van der Waals surface area contributed by atoms with Crippen molar-refractivity contribution in [3.63, 3.8) is 0 Å². The number of carbonyl (C=O) groups excluding carboxylic acids is 1. The van der Waals surface area contributed by atoms with Gasteiger partial charge in [0.15, 0.2) is 11.3 Å². The molecule has 0 aromatic carbocycles. The molecular formula is C17H24N4O2S. The topological polar surface area (TPSA) is 87.0 Å². The van der Waals surface area contributed by atoms with Gasteiger partial charge in [-0.1, -0.05) is 19.3 Å². The van der Waals surface area contributed by atoms with E-state index in [9.17, 15) is 4.79 Å². The fourth-order valence-electron chi connectivity index (χ4n) is 3.59. The summed E-state index contributed by atoms with van der Waals surface area (Å²) in [5, 5.41) is 14.9. The highest BCUT2D eigenvalue weighted by atomic mass is 32.1. The number of nitriles is 1. The monoisotopic (exact) mass is 348 g/mol. The predicted molar refractivity (Wildman–Crippen MR) is 92.5 cm³/mol. The molecule has 0 bridgehead atoms. The molecule has 1 amide bonds. The highest BCUT2D eigenvalue weighted by Crippen LogP contribution is 2.39. The van der Waals surface area contributed by atoms with Crippen LogP contribution in [0.2, 0.25) is 0 Å². The van der Waals surface area contributed by atoms with Gasteiger partial charge in [-0.15, -0.1) is 11.3 Å². The van der Waals surface area contributed by atoms with Gasteiger partial charge in [-0.25, -0.2) is 4.98 Å². The number of anilines is 1. The van der Waals surface area contributed by atoms with Gasteiger partial charge < -0.3 is 15.4 Å². The molecule has 2 fully saturated rings. The second-order valence-corrected chi connectivity index (χ2v) is 7.74. The molecular weight excluding hydrogens is 324 g/mol. The zero-order chi connectivity index (χ0) is 16.9. The van der Waals surface area contributed by atoms with Crippen molar-refractivity contribution in [2.75, 3.05) is 12.4 Å². The number of carbonyl (C=O) groups is 1. The molecule has 0 atom stereocenters. The minimum Gasteiger partial charge on any atom is -0.378 e. The first-order chi connectivity index (χ1) is 11.7. The van der Waals surface area contributed by atoms with E-state index in [1.54, 1.807) is 18.4 Å². The Morgan fingerprint density at radius 3 is 2.79 bits per heavy atom. The minimum atomic E-state index is -0.0243. The average molecular weight is 348 g/mol. The molecule has 0 aliphatic heterocycles. The van der Waals surface area contributed by atoms with Crippen LogP contribution >= 0.6 is 11.3 Å². The van der Waals surface area contributed by atoms with Crippen LogP contribution in [0.15, 0.2) is 0 Å². The Kier molecular flexibility index (Phi) is 5.69. The SMILES string of the molecule is COCc1nc(NC(=O)[C@H]2C[C@H](NC#N)C2)sc1C1CCCCC1. The van der Waals surface area contributed by atoms with E-state index in [1.165, 1.54) is 37.0 Å². The van der Waals surface area contributed by atoms with E-state index >= 15 is 0 Å². The summed E-state index contributed by atoms with van der Waals surface area (Å²) < 4.78 is 5.29. The maximum atomic E-state index is 12.3. The van der Waals surface area contributed by atoms with Gasteiger partial charge in [-0.3, -0.25) is 4.79 Å². The molecule has 1 aromatic rings. The number of amides is 1. The number of nitrogens with one attached hydrogen (secondary N) is 2. The molecule has 0 saturated heterocycles. The van der Waals surface area contributed by atoms with E-state index in [4.69, 9.17) is 10.00 Å². The van der Waals surface area contributed by atoms with Crippen LogP contribution in [-0.2, 0) is 16.1 Å². The van der Waals surface area contributed by atoms with Gasteiger partial charge in [0, 0.05) is 23.9 Å². The maximum Gasteiger partial charge on any atom is 0.229 e. The van der Waals surface area contributed by atoms with Gasteiger partial charge in [0.25, 0.3) is 0 Å². The van der Waals surface area contributed by atoms with Crippen molar-refractivity contribution in [1.29, 1.82) is 5.26 Å². The van der Waals surface area contributed by atoms with Crippen LogP contribution < -0.4 is 10.6 Å². The van der Waals surface area contributed by atoms with E-state index in [-0.39, 0.29) is 17.9 Å². The summed E-state index contributed by atoms with van der Waals surface area (Å²) >= 11 is 1.61. The highest BCUT2D eigenvalue weighted by Gasteiger charge is 2.35. The number of hydrogen-bond donors (Lipinski definition) is 2. The van der Waals surface area contributed by atoms with Crippen LogP contribution in [0.1, 0.15) is 61.4 Å². The Hall–Kier alpha value is -1.65. The molecule has 6 nitrogen and oxygen atoms in total. The molecule has 130 valence electrons. The fraction of sp³-hybridized carbons (Fsp3) is 0.706. The van der Waals surface area contributed by atoms with Gasteiger partial charge in [0.1, 0.15) is 0 Å². The number of thiazole rings is 1. The molecule has 0 spiro atoms. The van der Waals surface area contributed by atoms with E-state index in [2.05, 4.69) is 15.6 Å². The summed E-state index contributed by atoms with van der Waals surface area (Å²) in [6.45, 7) is 0.496. The van der Waals surface area contributed by atoms with E-state index in [0.717, 1.165) is 5.69 Å². The Balaban J connectivity index is 1.63. The Labute approximate surface area is 146 Å². The third-order valence-electron chi connectivity index (χ3n) is 4.99. The lowest BCUT2D eigenvalue weighted by Gasteiger charge is -2.32. The van der Waals surface area contributed by atoms with Gasteiger partial charge in [0.2, 0.25) is 5.91 Å². The van der Waals surface area contributed by atoms with Crippen molar-refractivity contribution in [3.8, 4) is 6.19 Å². The van der Waals surface area contributed by atoms with Gasteiger partial charge >= 0.3 is 0 Å². The van der Waals surface area contributed by atoms with Crippen molar-refractivity contribution in [2.45, 2.75) is 63.5 Å². The molecule has 2 saturated carbocycles. The molecule has 0 unspecified atom stereocenters. The average Bonchev–Trinajstić information content (AvgIpc) is 2.94. The lowest BCUT2D eigenvalue weighted by atomic mass is 9.80. The molecule has 2 aliphatic carbocycles. The first-order valence-corrected chi connectivity index (χ1v) is 9.47. The van der Waals surface area contributed by atoms with Crippen molar-refractivity contribution < 1.29 is 9.53 Å². The van der Waals surface area contributed by atoms with Crippen LogP contribution in [0.25, 0.3) is 0 Å². The molecule has 7 heteroatoms. The summed E-state index contributed by atoms with van der Waals surface area (Å²) in [6, 6.07) is 0.142. The first kappa shape index (κ1) is 17.2. The van der Waals surface area contributed by atoms with Crippen molar-refractivity contribution >= 4 is 22.4 Å². The van der Waals surface area contributed by atoms with Gasteiger partial charge in [0.05, 0.1) is 12.3 Å².